The van der Waals surface area contributed by atoms with Crippen LogP contribution in [0.15, 0.2) is 42.6 Å². The van der Waals surface area contributed by atoms with Crippen LogP contribution in [0.5, 0.6) is 11.5 Å². The highest BCUT2D eigenvalue weighted by atomic mass is 16.5. The van der Waals surface area contributed by atoms with Gasteiger partial charge in [0.05, 0.1) is 14.2 Å². The van der Waals surface area contributed by atoms with Gasteiger partial charge in [0, 0.05) is 41.1 Å². The number of pyridine rings is 1. The second-order valence-corrected chi connectivity index (χ2v) is 6.53. The number of nitrogens with one attached hydrogen (secondary N) is 1. The van der Waals surface area contributed by atoms with Crippen LogP contribution < -0.4 is 14.8 Å². The minimum Gasteiger partial charge on any atom is -0.496 e. The Labute approximate surface area is 164 Å². The van der Waals surface area contributed by atoms with E-state index in [9.17, 15) is 4.79 Å². The number of aryl methyl sites for hydroxylation is 1. The highest BCUT2D eigenvalue weighted by molar-refractivity contribution is 6.06. The summed E-state index contributed by atoms with van der Waals surface area (Å²) in [6, 6.07) is 11.8. The van der Waals surface area contributed by atoms with E-state index >= 15 is 0 Å². The largest absolute Gasteiger partial charge is 0.496 e. The first-order valence-corrected chi connectivity index (χ1v) is 9.11. The van der Waals surface area contributed by atoms with Crippen molar-refractivity contribution < 1.29 is 19.4 Å². The maximum atomic E-state index is 10.7. The van der Waals surface area contributed by atoms with Gasteiger partial charge in [0.1, 0.15) is 17.3 Å². The Morgan fingerprint density at radius 2 is 1.89 bits per heavy atom. The second-order valence-electron chi connectivity index (χ2n) is 6.53. The van der Waals surface area contributed by atoms with Gasteiger partial charge in [-0.15, -0.1) is 0 Å². The van der Waals surface area contributed by atoms with Crippen LogP contribution in [0.3, 0.4) is 0 Å². The second kappa shape index (κ2) is 8.61. The molecule has 2 aromatic carbocycles. The summed E-state index contributed by atoms with van der Waals surface area (Å²) in [6.45, 7) is 2.56. The van der Waals surface area contributed by atoms with Crippen LogP contribution in [-0.2, 0) is 4.79 Å². The van der Waals surface area contributed by atoms with Crippen LogP contribution in [0, 0.1) is 6.92 Å². The van der Waals surface area contributed by atoms with Crippen molar-refractivity contribution in [1.29, 1.82) is 0 Å². The van der Waals surface area contributed by atoms with Crippen molar-refractivity contribution >= 4 is 22.6 Å². The fourth-order valence-corrected chi connectivity index (χ4v) is 3.26. The van der Waals surface area contributed by atoms with E-state index in [1.54, 1.807) is 14.2 Å². The number of ether oxygens (including phenoxy) is 2. The summed E-state index contributed by atoms with van der Waals surface area (Å²) >= 11 is 0. The molecule has 0 bridgehead atoms. The number of carbonyl (C=O) groups is 1. The summed E-state index contributed by atoms with van der Waals surface area (Å²) in [5, 5.41) is 13.9. The summed E-state index contributed by atoms with van der Waals surface area (Å²) in [6.07, 6.45) is 2.45. The van der Waals surface area contributed by atoms with Gasteiger partial charge in [-0.2, -0.15) is 0 Å². The fraction of sp³-hybridized carbons (Fsp3) is 0.273. The van der Waals surface area contributed by atoms with Gasteiger partial charge in [-0.25, -0.2) is 4.98 Å². The number of aromatic nitrogens is 1. The maximum absolute atomic E-state index is 10.7. The van der Waals surface area contributed by atoms with Crippen molar-refractivity contribution in [3.05, 3.63) is 48.2 Å². The van der Waals surface area contributed by atoms with Crippen molar-refractivity contribution in [3.8, 4) is 22.6 Å². The third kappa shape index (κ3) is 4.01. The number of carboxylic acids is 1. The van der Waals surface area contributed by atoms with Crippen molar-refractivity contribution in [2.24, 2.45) is 0 Å². The Hall–Kier alpha value is -3.28. The quantitative estimate of drug-likeness (QED) is 0.560. The third-order valence-corrected chi connectivity index (χ3v) is 4.60. The van der Waals surface area contributed by atoms with Gasteiger partial charge in [-0.05, 0) is 31.5 Å². The van der Waals surface area contributed by atoms with E-state index in [1.807, 2.05) is 43.5 Å². The lowest BCUT2D eigenvalue weighted by atomic mass is 9.97. The van der Waals surface area contributed by atoms with Crippen LogP contribution in [0.25, 0.3) is 21.9 Å². The van der Waals surface area contributed by atoms with E-state index < -0.39 is 5.97 Å². The molecule has 0 aliphatic heterocycles. The summed E-state index contributed by atoms with van der Waals surface area (Å²) < 4.78 is 11.2. The van der Waals surface area contributed by atoms with Crippen molar-refractivity contribution in [2.75, 3.05) is 26.1 Å². The molecular formula is C22H24N2O4. The molecule has 0 saturated carbocycles. The molecule has 3 aromatic rings. The number of aliphatic carboxylic acids is 1. The first-order valence-electron chi connectivity index (χ1n) is 9.11. The standard InChI is InChI=1S/C22H24N2O4/c1-14-9-10-18(27-2)16(12-14)17-13-24-22(23-11-5-8-20(25)26)15-6-4-7-19(28-3)21(15)17/h4,6-7,9-10,12-13H,5,8,11H2,1-3H3,(H,23,24)(H,25,26). The molecule has 0 radical (unpaired) electrons. The van der Waals surface area contributed by atoms with E-state index in [2.05, 4.69) is 16.4 Å². The number of fused-ring (bicyclic) bond motifs is 1. The number of hydrogen-bond acceptors (Lipinski definition) is 5. The van der Waals surface area contributed by atoms with Crippen LogP contribution in [-0.4, -0.2) is 36.8 Å². The topological polar surface area (TPSA) is 80.7 Å². The molecule has 6 heteroatoms. The van der Waals surface area contributed by atoms with Crippen molar-refractivity contribution in [1.82, 2.24) is 4.98 Å². The third-order valence-electron chi connectivity index (χ3n) is 4.60. The zero-order chi connectivity index (χ0) is 20.1. The van der Waals surface area contributed by atoms with Crippen LogP contribution in [0.1, 0.15) is 18.4 Å². The van der Waals surface area contributed by atoms with Crippen LogP contribution in [0.2, 0.25) is 0 Å². The molecule has 1 aromatic heterocycles. The highest BCUT2D eigenvalue weighted by Crippen LogP contribution is 2.41. The summed E-state index contributed by atoms with van der Waals surface area (Å²) in [7, 11) is 3.30. The first kappa shape index (κ1) is 19.5. The minimum absolute atomic E-state index is 0.118. The molecule has 0 spiro atoms. The average Bonchev–Trinajstić information content (AvgIpc) is 2.70. The molecule has 0 atom stereocenters. The number of anilines is 1. The van der Waals surface area contributed by atoms with E-state index in [4.69, 9.17) is 14.6 Å². The molecule has 0 aliphatic rings. The van der Waals surface area contributed by atoms with Gasteiger partial charge in [0.2, 0.25) is 0 Å². The van der Waals surface area contributed by atoms with Crippen LogP contribution >= 0.6 is 0 Å². The van der Waals surface area contributed by atoms with Crippen molar-refractivity contribution in [3.63, 3.8) is 0 Å². The lowest BCUT2D eigenvalue weighted by molar-refractivity contribution is -0.137. The van der Waals surface area contributed by atoms with E-state index in [0.29, 0.717) is 18.8 Å². The molecule has 1 heterocycles. The predicted molar refractivity (Wildman–Crippen MR) is 110 cm³/mol. The van der Waals surface area contributed by atoms with Crippen LogP contribution in [0.4, 0.5) is 5.82 Å². The van der Waals surface area contributed by atoms with Gasteiger partial charge in [0.25, 0.3) is 0 Å². The molecule has 6 nitrogen and oxygen atoms in total. The number of nitrogens with zero attached hydrogens (tertiary/aromatic N) is 1. The zero-order valence-electron chi connectivity index (χ0n) is 16.3. The number of rotatable bonds is 8. The molecule has 0 unspecified atom stereocenters. The van der Waals surface area contributed by atoms with E-state index in [0.717, 1.165) is 39.0 Å². The number of carboxylic acid groups (broad SMARTS) is 1. The molecule has 0 saturated heterocycles. The minimum atomic E-state index is -0.803. The number of hydrogen-bond donors (Lipinski definition) is 2. The smallest absolute Gasteiger partial charge is 0.303 e. The molecular weight excluding hydrogens is 356 g/mol. The first-order chi connectivity index (χ1) is 13.5. The summed E-state index contributed by atoms with van der Waals surface area (Å²) in [5.41, 5.74) is 2.99. The van der Waals surface area contributed by atoms with E-state index in [1.165, 1.54) is 0 Å². The van der Waals surface area contributed by atoms with Gasteiger partial charge in [0.15, 0.2) is 0 Å². The number of benzene rings is 2. The Morgan fingerprint density at radius 1 is 1.11 bits per heavy atom. The molecule has 2 N–H and O–H groups in total. The van der Waals surface area contributed by atoms with Gasteiger partial charge < -0.3 is 19.9 Å². The van der Waals surface area contributed by atoms with Gasteiger partial charge in [-0.3, -0.25) is 4.79 Å². The molecule has 146 valence electrons. The fourth-order valence-electron chi connectivity index (χ4n) is 3.26. The SMILES string of the molecule is COc1ccc(C)cc1-c1cnc(NCCCC(=O)O)c2cccc(OC)c12. The molecule has 3 rings (SSSR count). The molecule has 0 fully saturated rings. The Kier molecular flexibility index (Phi) is 5.99. The average molecular weight is 380 g/mol. The Morgan fingerprint density at radius 3 is 2.61 bits per heavy atom. The Balaban J connectivity index is 2.12. The molecule has 0 amide bonds. The highest BCUT2D eigenvalue weighted by Gasteiger charge is 2.16. The summed E-state index contributed by atoms with van der Waals surface area (Å²) in [4.78, 5) is 15.3. The Bertz CT molecular complexity index is 1000. The molecule has 28 heavy (non-hydrogen) atoms. The van der Waals surface area contributed by atoms with Gasteiger partial charge in [-0.1, -0.05) is 23.8 Å². The van der Waals surface area contributed by atoms with Gasteiger partial charge >= 0.3 is 5.97 Å². The zero-order valence-corrected chi connectivity index (χ0v) is 16.3. The maximum Gasteiger partial charge on any atom is 0.303 e. The lowest BCUT2D eigenvalue weighted by Crippen LogP contribution is -2.07. The monoisotopic (exact) mass is 380 g/mol. The van der Waals surface area contributed by atoms with Crippen molar-refractivity contribution in [2.45, 2.75) is 19.8 Å². The summed E-state index contributed by atoms with van der Waals surface area (Å²) in [5.74, 6) is 1.41. The predicted octanol–water partition coefficient (Wildman–Crippen LogP) is 4.50. The normalized spacial score (nSPS) is 10.7. The number of methoxy groups -OCH3 is 2. The lowest BCUT2D eigenvalue weighted by Gasteiger charge is -2.16. The molecule has 0 aliphatic carbocycles. The van der Waals surface area contributed by atoms with E-state index in [-0.39, 0.29) is 6.42 Å².